The van der Waals surface area contributed by atoms with Gasteiger partial charge in [0.25, 0.3) is 0 Å². The molecule has 0 aromatic carbocycles. The molecule has 0 aromatic rings. The van der Waals surface area contributed by atoms with E-state index in [1.165, 1.54) is 39.2 Å². The van der Waals surface area contributed by atoms with Crippen molar-refractivity contribution in [2.75, 3.05) is 7.11 Å². The van der Waals surface area contributed by atoms with Gasteiger partial charge in [-0.15, -0.1) is 0 Å². The number of cyclic esters (lactones) is 1. The van der Waals surface area contributed by atoms with Gasteiger partial charge in [-0.2, -0.15) is 0 Å². The van der Waals surface area contributed by atoms with E-state index in [4.69, 9.17) is 4.74 Å². The second kappa shape index (κ2) is 9.41. The van der Waals surface area contributed by atoms with Crippen molar-refractivity contribution in [2.24, 2.45) is 5.92 Å². The fourth-order valence-corrected chi connectivity index (χ4v) is 3.35. The van der Waals surface area contributed by atoms with Gasteiger partial charge < -0.3 is 0 Å². The summed E-state index contributed by atoms with van der Waals surface area (Å²) in [4.78, 5) is 23.0. The number of carbonyl (C=O) groups excluding carboxylic acids is 2. The SMILES string of the molecule is CCCCCCCCC1OC(=O)C(CC(=O)OC)C1[Se]. The molecule has 20 heavy (non-hydrogen) atoms. The first-order valence-corrected chi connectivity index (χ1v) is 8.52. The van der Waals surface area contributed by atoms with Gasteiger partial charge in [0.15, 0.2) is 0 Å². The van der Waals surface area contributed by atoms with Crippen LogP contribution < -0.4 is 0 Å². The molecule has 3 unspecified atom stereocenters. The normalized spacial score (nSPS) is 25.6. The molecule has 1 heterocycles. The number of unbranched alkanes of at least 4 members (excludes halogenated alkanes) is 5. The fourth-order valence-electron chi connectivity index (χ4n) is 2.51. The summed E-state index contributed by atoms with van der Waals surface area (Å²) in [5.74, 6) is -1.00. The van der Waals surface area contributed by atoms with Crippen molar-refractivity contribution in [2.45, 2.75) is 69.2 Å². The third-order valence-electron chi connectivity index (χ3n) is 3.79. The van der Waals surface area contributed by atoms with Gasteiger partial charge in [0.05, 0.1) is 0 Å². The molecule has 0 N–H and O–H groups in total. The van der Waals surface area contributed by atoms with E-state index in [2.05, 4.69) is 27.7 Å². The van der Waals surface area contributed by atoms with Gasteiger partial charge in [-0.05, 0) is 0 Å². The summed E-state index contributed by atoms with van der Waals surface area (Å²) in [6.45, 7) is 2.21. The quantitative estimate of drug-likeness (QED) is 0.365. The Kier molecular flexibility index (Phi) is 8.24. The first-order valence-electron chi connectivity index (χ1n) is 7.53. The third-order valence-corrected chi connectivity index (χ3v) is 5.12. The van der Waals surface area contributed by atoms with Crippen LogP contribution in [0.5, 0.6) is 0 Å². The molecule has 0 amide bonds. The summed E-state index contributed by atoms with van der Waals surface area (Å²) < 4.78 is 10.0. The first kappa shape index (κ1) is 17.5. The van der Waals surface area contributed by atoms with Crippen molar-refractivity contribution in [3.05, 3.63) is 0 Å². The van der Waals surface area contributed by atoms with Gasteiger partial charge in [0.1, 0.15) is 0 Å². The number of ether oxygens (including phenoxy) is 2. The van der Waals surface area contributed by atoms with E-state index in [-0.39, 0.29) is 35.2 Å². The number of carbonyl (C=O) groups is 2. The van der Waals surface area contributed by atoms with Crippen molar-refractivity contribution in [3.63, 3.8) is 0 Å². The molecule has 4 nitrogen and oxygen atoms in total. The molecule has 0 saturated carbocycles. The molecule has 1 saturated heterocycles. The molecule has 1 aliphatic heterocycles. The maximum atomic E-state index is 11.8. The molecule has 0 bridgehead atoms. The summed E-state index contributed by atoms with van der Waals surface area (Å²) >= 11 is 3.01. The van der Waals surface area contributed by atoms with Crippen LogP contribution in [0.4, 0.5) is 0 Å². The van der Waals surface area contributed by atoms with Crippen molar-refractivity contribution in [1.82, 2.24) is 0 Å². The summed E-state index contributed by atoms with van der Waals surface area (Å²) in [6.07, 6.45) is 8.25. The maximum absolute atomic E-state index is 11.8. The summed E-state index contributed by atoms with van der Waals surface area (Å²) in [7, 11) is 1.34. The fraction of sp³-hybridized carbons (Fsp3) is 0.867. The van der Waals surface area contributed by atoms with Crippen molar-refractivity contribution >= 4 is 28.0 Å². The van der Waals surface area contributed by atoms with E-state index in [1.807, 2.05) is 0 Å². The first-order chi connectivity index (χ1) is 9.60. The van der Waals surface area contributed by atoms with E-state index >= 15 is 0 Å². The van der Waals surface area contributed by atoms with Crippen LogP contribution >= 0.6 is 0 Å². The number of hydrogen-bond donors (Lipinski definition) is 0. The third kappa shape index (κ3) is 5.45. The zero-order valence-electron chi connectivity index (χ0n) is 12.4. The Morgan fingerprint density at radius 2 is 1.90 bits per heavy atom. The molecule has 1 fully saturated rings. The van der Waals surface area contributed by atoms with Crippen LogP contribution in [0.15, 0.2) is 0 Å². The van der Waals surface area contributed by atoms with Gasteiger partial charge in [0, 0.05) is 0 Å². The van der Waals surface area contributed by atoms with Gasteiger partial charge in [-0.1, -0.05) is 0 Å². The molecule has 1 aliphatic rings. The monoisotopic (exact) mass is 349 g/mol. The molecular weight excluding hydrogens is 323 g/mol. The molecular formula is C15H25O4Se. The van der Waals surface area contributed by atoms with E-state index in [9.17, 15) is 9.59 Å². The molecule has 1 radical (unpaired) electrons. The van der Waals surface area contributed by atoms with Crippen molar-refractivity contribution < 1.29 is 19.1 Å². The molecule has 0 aliphatic carbocycles. The second-order valence-corrected chi connectivity index (χ2v) is 6.53. The zero-order valence-corrected chi connectivity index (χ0v) is 14.1. The molecule has 0 aromatic heterocycles. The predicted octanol–water partition coefficient (Wildman–Crippen LogP) is 2.80. The minimum atomic E-state index is -0.382. The Morgan fingerprint density at radius 1 is 1.25 bits per heavy atom. The average molecular weight is 348 g/mol. The van der Waals surface area contributed by atoms with E-state index in [0.29, 0.717) is 0 Å². The molecule has 5 heteroatoms. The van der Waals surface area contributed by atoms with Crippen LogP contribution in [0.1, 0.15) is 58.3 Å². The van der Waals surface area contributed by atoms with E-state index in [1.54, 1.807) is 0 Å². The number of esters is 2. The van der Waals surface area contributed by atoms with Crippen LogP contribution in [0.3, 0.4) is 0 Å². The predicted molar refractivity (Wildman–Crippen MR) is 77.5 cm³/mol. The zero-order chi connectivity index (χ0) is 15.0. The Labute approximate surface area is 129 Å². The number of rotatable bonds is 9. The van der Waals surface area contributed by atoms with Crippen molar-refractivity contribution in [3.8, 4) is 0 Å². The Morgan fingerprint density at radius 3 is 2.55 bits per heavy atom. The standard InChI is InChI=1S/C15H25O4Se/c1-3-4-5-6-7-8-9-12-14(20)11(15(17)19-12)10-13(16)18-2/h11-12,14H,3-10H2,1-2H3. The van der Waals surface area contributed by atoms with E-state index < -0.39 is 0 Å². The molecule has 115 valence electrons. The summed E-state index contributed by atoms with van der Waals surface area (Å²) in [6, 6.07) is 0. The number of hydrogen-bond acceptors (Lipinski definition) is 4. The second-order valence-electron chi connectivity index (χ2n) is 5.38. The molecule has 3 atom stereocenters. The van der Waals surface area contributed by atoms with Gasteiger partial charge in [-0.3, -0.25) is 0 Å². The van der Waals surface area contributed by atoms with Gasteiger partial charge >= 0.3 is 129 Å². The molecule has 1 rings (SSSR count). The average Bonchev–Trinajstić information content (AvgIpc) is 2.70. The van der Waals surface area contributed by atoms with Gasteiger partial charge in [-0.25, -0.2) is 0 Å². The Hall–Kier alpha value is -0.541. The topological polar surface area (TPSA) is 52.6 Å². The summed E-state index contributed by atoms with van der Waals surface area (Å²) in [5, 5.41) is 0. The van der Waals surface area contributed by atoms with Crippen LogP contribution in [0.25, 0.3) is 0 Å². The van der Waals surface area contributed by atoms with Crippen LogP contribution in [-0.4, -0.2) is 41.2 Å². The Balaban J connectivity index is 2.27. The van der Waals surface area contributed by atoms with Crippen LogP contribution in [0.2, 0.25) is 4.82 Å². The Bertz CT molecular complexity index is 319. The van der Waals surface area contributed by atoms with Gasteiger partial charge in [0.2, 0.25) is 0 Å². The van der Waals surface area contributed by atoms with Crippen LogP contribution in [0, 0.1) is 5.92 Å². The number of methoxy groups -OCH3 is 1. The van der Waals surface area contributed by atoms with Crippen LogP contribution in [-0.2, 0) is 19.1 Å². The van der Waals surface area contributed by atoms with E-state index in [0.717, 1.165) is 12.8 Å². The summed E-state index contributed by atoms with van der Waals surface area (Å²) in [5.41, 5.74) is 0. The molecule has 0 spiro atoms. The minimum absolute atomic E-state index is 0.0164. The van der Waals surface area contributed by atoms with Crippen molar-refractivity contribution in [1.29, 1.82) is 0 Å².